The molecule has 0 spiro atoms. The van der Waals surface area contributed by atoms with Crippen LogP contribution in [0.15, 0.2) is 48.6 Å². The van der Waals surface area contributed by atoms with Gasteiger partial charge in [-0.05, 0) is 89.9 Å². The van der Waals surface area contributed by atoms with Gasteiger partial charge >= 0.3 is 5.97 Å². The summed E-state index contributed by atoms with van der Waals surface area (Å²) < 4.78 is 5.50. The van der Waals surface area contributed by atoms with Crippen LogP contribution in [0.2, 0.25) is 0 Å². The molecule has 0 aliphatic rings. The first-order chi connectivity index (χ1) is 39.0. The number of hydrogen-bond acceptors (Lipinski definition) is 5. The highest BCUT2D eigenvalue weighted by molar-refractivity contribution is 5.76. The van der Waals surface area contributed by atoms with E-state index < -0.39 is 12.1 Å². The molecule has 79 heavy (non-hydrogen) atoms. The molecule has 0 aromatic heterocycles. The van der Waals surface area contributed by atoms with E-state index in [2.05, 4.69) is 55.6 Å². The number of unbranched alkanes of at least 4 members (excludes halogenated alkanes) is 49. The van der Waals surface area contributed by atoms with E-state index in [0.717, 1.165) is 51.4 Å². The molecule has 0 saturated heterocycles. The summed E-state index contributed by atoms with van der Waals surface area (Å²) in [4.78, 5) is 24.6. The molecular formula is C73H137NO5. The molecular weight excluding hydrogens is 971 g/mol. The Kier molecular flexibility index (Phi) is 66.4. The van der Waals surface area contributed by atoms with Gasteiger partial charge in [0.1, 0.15) is 0 Å². The second-order valence-corrected chi connectivity index (χ2v) is 24.2. The predicted octanol–water partition coefficient (Wildman–Crippen LogP) is 22.9. The van der Waals surface area contributed by atoms with Crippen LogP contribution in [0.5, 0.6) is 0 Å². The van der Waals surface area contributed by atoms with Gasteiger partial charge in [-0.2, -0.15) is 0 Å². The van der Waals surface area contributed by atoms with Gasteiger partial charge in [-0.1, -0.05) is 326 Å². The first kappa shape index (κ1) is 76.8. The Hall–Kier alpha value is -2.18. The standard InChI is InChI=1S/C73H137NO5/c1-3-5-7-9-11-13-15-17-18-35-39-43-47-51-55-59-63-67-73(78)79-68-64-60-56-52-48-44-40-37-34-32-30-28-26-24-22-20-19-21-23-25-27-29-31-33-36-38-42-46-50-54-58-62-66-72(77)74-70(69-75)71(76)65-61-57-53-49-45-41-16-14-12-10-8-6-4-2/h11,13,17-18,22,24,61,65,70-71,75-76H,3-10,12,14-16,19-21,23,25-60,62-64,66-69H2,1-2H3,(H,74,77)/b13-11-,18-17-,24-22-,65-61+. The van der Waals surface area contributed by atoms with Gasteiger partial charge in [0, 0.05) is 12.8 Å². The Morgan fingerprint density at radius 2 is 0.633 bits per heavy atom. The van der Waals surface area contributed by atoms with Crippen LogP contribution >= 0.6 is 0 Å². The van der Waals surface area contributed by atoms with Crippen LogP contribution in [0.25, 0.3) is 0 Å². The number of hydrogen-bond donors (Lipinski definition) is 3. The molecule has 0 aliphatic heterocycles. The highest BCUT2D eigenvalue weighted by atomic mass is 16.5. The van der Waals surface area contributed by atoms with E-state index >= 15 is 0 Å². The molecule has 0 saturated carbocycles. The van der Waals surface area contributed by atoms with Crippen molar-refractivity contribution in [3.05, 3.63) is 48.6 Å². The lowest BCUT2D eigenvalue weighted by Gasteiger charge is -2.20. The van der Waals surface area contributed by atoms with Crippen LogP contribution in [0.1, 0.15) is 380 Å². The van der Waals surface area contributed by atoms with Crippen molar-refractivity contribution >= 4 is 11.9 Å². The van der Waals surface area contributed by atoms with Gasteiger partial charge in [0.15, 0.2) is 0 Å². The average Bonchev–Trinajstić information content (AvgIpc) is 3.45. The summed E-state index contributed by atoms with van der Waals surface area (Å²) >= 11 is 0. The number of ether oxygens (including phenoxy) is 1. The molecule has 2 atom stereocenters. The van der Waals surface area contributed by atoms with E-state index in [-0.39, 0.29) is 18.5 Å². The molecule has 0 aromatic rings. The zero-order valence-corrected chi connectivity index (χ0v) is 53.1. The molecule has 6 heteroatoms. The Morgan fingerprint density at radius 1 is 0.354 bits per heavy atom. The van der Waals surface area contributed by atoms with Crippen LogP contribution in [0.4, 0.5) is 0 Å². The van der Waals surface area contributed by atoms with Crippen molar-refractivity contribution in [1.82, 2.24) is 5.32 Å². The number of nitrogens with one attached hydrogen (secondary N) is 1. The molecule has 464 valence electrons. The van der Waals surface area contributed by atoms with Gasteiger partial charge < -0.3 is 20.3 Å². The van der Waals surface area contributed by atoms with E-state index in [1.165, 1.54) is 302 Å². The van der Waals surface area contributed by atoms with Crippen LogP contribution < -0.4 is 5.32 Å². The fraction of sp³-hybridized carbons (Fsp3) is 0.863. The third-order valence-electron chi connectivity index (χ3n) is 16.3. The fourth-order valence-electron chi connectivity index (χ4n) is 10.9. The van der Waals surface area contributed by atoms with Gasteiger partial charge in [0.25, 0.3) is 0 Å². The number of aliphatic hydroxyl groups is 2. The number of carbonyl (C=O) groups is 2. The van der Waals surface area contributed by atoms with E-state index in [0.29, 0.717) is 19.4 Å². The smallest absolute Gasteiger partial charge is 0.305 e. The lowest BCUT2D eigenvalue weighted by atomic mass is 10.0. The van der Waals surface area contributed by atoms with E-state index in [1.807, 2.05) is 6.08 Å². The van der Waals surface area contributed by atoms with Gasteiger partial charge in [-0.25, -0.2) is 0 Å². The topological polar surface area (TPSA) is 95.9 Å². The third kappa shape index (κ3) is 64.8. The second-order valence-electron chi connectivity index (χ2n) is 24.2. The van der Waals surface area contributed by atoms with Crippen molar-refractivity contribution < 1.29 is 24.5 Å². The van der Waals surface area contributed by atoms with Gasteiger partial charge in [-0.15, -0.1) is 0 Å². The van der Waals surface area contributed by atoms with Crippen molar-refractivity contribution in [3.8, 4) is 0 Å². The fourth-order valence-corrected chi connectivity index (χ4v) is 10.9. The van der Waals surface area contributed by atoms with Gasteiger partial charge in [0.2, 0.25) is 5.91 Å². The molecule has 3 N–H and O–H groups in total. The minimum absolute atomic E-state index is 0.0102. The maximum Gasteiger partial charge on any atom is 0.305 e. The molecule has 1 amide bonds. The largest absolute Gasteiger partial charge is 0.466 e. The molecule has 0 heterocycles. The van der Waals surface area contributed by atoms with Gasteiger partial charge in [0.05, 0.1) is 25.4 Å². The number of esters is 1. The molecule has 0 fully saturated rings. The van der Waals surface area contributed by atoms with Gasteiger partial charge in [-0.3, -0.25) is 9.59 Å². The second kappa shape index (κ2) is 68.3. The maximum atomic E-state index is 12.5. The zero-order valence-electron chi connectivity index (χ0n) is 53.1. The number of carbonyl (C=O) groups excluding carboxylic acids is 2. The zero-order chi connectivity index (χ0) is 57.1. The predicted molar refractivity (Wildman–Crippen MR) is 347 cm³/mol. The number of rotatable bonds is 66. The lowest BCUT2D eigenvalue weighted by Crippen LogP contribution is -2.45. The molecule has 0 bridgehead atoms. The van der Waals surface area contributed by atoms with E-state index in [9.17, 15) is 19.8 Å². The summed E-state index contributed by atoms with van der Waals surface area (Å²) in [6.45, 7) is 4.89. The molecule has 0 radical (unpaired) electrons. The van der Waals surface area contributed by atoms with Crippen LogP contribution in [0.3, 0.4) is 0 Å². The van der Waals surface area contributed by atoms with Crippen molar-refractivity contribution in [3.63, 3.8) is 0 Å². The molecule has 0 aromatic carbocycles. The minimum Gasteiger partial charge on any atom is -0.466 e. The Morgan fingerprint density at radius 3 is 1.00 bits per heavy atom. The number of amides is 1. The van der Waals surface area contributed by atoms with Crippen molar-refractivity contribution in [2.75, 3.05) is 13.2 Å². The van der Waals surface area contributed by atoms with Crippen LogP contribution in [0, 0.1) is 0 Å². The summed E-state index contributed by atoms with van der Waals surface area (Å²) in [6, 6.07) is -0.625. The van der Waals surface area contributed by atoms with Crippen molar-refractivity contribution in [1.29, 1.82) is 0 Å². The average molecular weight is 1110 g/mol. The Labute approximate surface area is 493 Å². The minimum atomic E-state index is -0.842. The summed E-state index contributed by atoms with van der Waals surface area (Å²) in [5.74, 6) is -0.0543. The van der Waals surface area contributed by atoms with Crippen LogP contribution in [-0.2, 0) is 14.3 Å². The quantitative estimate of drug-likeness (QED) is 0.0320. The van der Waals surface area contributed by atoms with Crippen molar-refractivity contribution in [2.45, 2.75) is 392 Å². The van der Waals surface area contributed by atoms with E-state index in [4.69, 9.17) is 4.74 Å². The summed E-state index contributed by atoms with van der Waals surface area (Å²) in [7, 11) is 0. The summed E-state index contributed by atoms with van der Waals surface area (Å²) in [5, 5.41) is 23.1. The molecule has 6 nitrogen and oxygen atoms in total. The molecule has 0 aliphatic carbocycles. The highest BCUT2D eigenvalue weighted by Gasteiger charge is 2.18. The first-order valence-electron chi connectivity index (χ1n) is 35.4. The molecule has 2 unspecified atom stereocenters. The normalized spacial score (nSPS) is 12.8. The monoisotopic (exact) mass is 1110 g/mol. The van der Waals surface area contributed by atoms with E-state index in [1.54, 1.807) is 6.08 Å². The molecule has 0 rings (SSSR count). The number of allylic oxidation sites excluding steroid dienone is 7. The summed E-state index contributed by atoms with van der Waals surface area (Å²) in [5.41, 5.74) is 0. The lowest BCUT2D eigenvalue weighted by molar-refractivity contribution is -0.143. The summed E-state index contributed by atoms with van der Waals surface area (Å²) in [6.07, 6.45) is 89.1. The Bertz CT molecular complexity index is 1320. The first-order valence-corrected chi connectivity index (χ1v) is 35.4. The maximum absolute atomic E-state index is 12.5. The van der Waals surface area contributed by atoms with Crippen molar-refractivity contribution in [2.24, 2.45) is 0 Å². The number of aliphatic hydroxyl groups excluding tert-OH is 2. The van der Waals surface area contributed by atoms with Crippen LogP contribution in [-0.4, -0.2) is 47.4 Å². The highest BCUT2D eigenvalue weighted by Crippen LogP contribution is 2.18. The third-order valence-corrected chi connectivity index (χ3v) is 16.3. The Balaban J connectivity index is 3.36. The SMILES string of the molecule is CCCCC/C=C\C/C=C\CCCCCCCCCC(=O)OCCCCCCCCCCCCCC/C=C\CCCCCCCCCCCCCCCCCCC(=O)NC(CO)C(O)/C=C/CCCCCCCCCCCCC.